The predicted molar refractivity (Wildman–Crippen MR) is 91.5 cm³/mol. The molecule has 1 saturated heterocycles. The van der Waals surface area contributed by atoms with Crippen molar-refractivity contribution in [1.29, 1.82) is 0 Å². The van der Waals surface area contributed by atoms with Crippen molar-refractivity contribution >= 4 is 10.0 Å². The molecule has 1 aliphatic heterocycles. The third kappa shape index (κ3) is 3.32. The highest BCUT2D eigenvalue weighted by molar-refractivity contribution is 7.89. The summed E-state index contributed by atoms with van der Waals surface area (Å²) < 4.78 is 33.8. The molecule has 1 unspecified atom stereocenters. The number of aromatic nitrogens is 2. The summed E-state index contributed by atoms with van der Waals surface area (Å²) in [5, 5.41) is 4.42. The molecule has 1 aromatic heterocycles. The highest BCUT2D eigenvalue weighted by atomic mass is 32.2. The highest BCUT2D eigenvalue weighted by Crippen LogP contribution is 2.27. The van der Waals surface area contributed by atoms with Crippen LogP contribution < -0.4 is 4.74 Å². The van der Waals surface area contributed by atoms with Crippen LogP contribution >= 0.6 is 0 Å². The third-order valence-corrected chi connectivity index (χ3v) is 6.42. The first-order chi connectivity index (χ1) is 11.4. The van der Waals surface area contributed by atoms with E-state index < -0.39 is 10.0 Å². The van der Waals surface area contributed by atoms with Crippen LogP contribution in [0.3, 0.4) is 0 Å². The summed E-state index contributed by atoms with van der Waals surface area (Å²) >= 11 is 0. The van der Waals surface area contributed by atoms with E-state index in [1.165, 1.54) is 10.2 Å². The lowest BCUT2D eigenvalue weighted by molar-refractivity contribution is 0.414. The molecule has 0 saturated carbocycles. The van der Waals surface area contributed by atoms with Crippen molar-refractivity contribution in [2.45, 2.75) is 24.8 Å². The maximum atomic E-state index is 12.8. The second-order valence-electron chi connectivity index (χ2n) is 6.32. The second-order valence-corrected chi connectivity index (χ2v) is 8.20. The molecular formula is C17H23N3O3S. The number of aryl methyl sites for hydroxylation is 2. The topological polar surface area (TPSA) is 64.4 Å². The first-order valence-corrected chi connectivity index (χ1v) is 9.48. The predicted octanol–water partition coefficient (Wildman–Crippen LogP) is 1.99. The fraction of sp³-hybridized carbons (Fsp3) is 0.471. The molecule has 24 heavy (non-hydrogen) atoms. The molecule has 0 amide bonds. The molecule has 3 rings (SSSR count). The van der Waals surface area contributed by atoms with Crippen LogP contribution in [-0.4, -0.2) is 42.7 Å². The Morgan fingerprint density at radius 1 is 1.29 bits per heavy atom. The highest BCUT2D eigenvalue weighted by Gasteiger charge is 2.34. The van der Waals surface area contributed by atoms with Crippen LogP contribution in [0, 0.1) is 12.8 Å². The van der Waals surface area contributed by atoms with Crippen LogP contribution in [0.25, 0.3) is 0 Å². The Bertz CT molecular complexity index is 812. The number of hydrogen-bond donors (Lipinski definition) is 0. The van der Waals surface area contributed by atoms with E-state index in [-0.39, 0.29) is 5.03 Å². The van der Waals surface area contributed by atoms with Gasteiger partial charge in [-0.2, -0.15) is 9.40 Å². The average Bonchev–Trinajstić information content (AvgIpc) is 3.15. The van der Waals surface area contributed by atoms with Gasteiger partial charge in [-0.25, -0.2) is 8.42 Å². The summed E-state index contributed by atoms with van der Waals surface area (Å²) in [6, 6.07) is 9.60. The van der Waals surface area contributed by atoms with Crippen molar-refractivity contribution in [3.05, 3.63) is 41.6 Å². The Morgan fingerprint density at radius 3 is 2.58 bits per heavy atom. The molecule has 1 fully saturated rings. The molecule has 1 aliphatic rings. The minimum Gasteiger partial charge on any atom is -0.497 e. The zero-order chi connectivity index (χ0) is 17.3. The Labute approximate surface area is 143 Å². The van der Waals surface area contributed by atoms with Gasteiger partial charge in [-0.15, -0.1) is 0 Å². The van der Waals surface area contributed by atoms with Gasteiger partial charge in [0.1, 0.15) is 5.75 Å². The molecule has 130 valence electrons. The summed E-state index contributed by atoms with van der Waals surface area (Å²) in [4.78, 5) is 0. The lowest BCUT2D eigenvalue weighted by Gasteiger charge is -2.16. The van der Waals surface area contributed by atoms with Crippen molar-refractivity contribution < 1.29 is 13.2 Å². The maximum absolute atomic E-state index is 12.8. The lowest BCUT2D eigenvalue weighted by atomic mass is 9.99. The zero-order valence-electron chi connectivity index (χ0n) is 14.3. The fourth-order valence-electron chi connectivity index (χ4n) is 3.24. The quantitative estimate of drug-likeness (QED) is 0.828. The van der Waals surface area contributed by atoms with Crippen molar-refractivity contribution in [3.8, 4) is 5.75 Å². The van der Waals surface area contributed by atoms with Crippen LogP contribution in [0.15, 0.2) is 35.4 Å². The molecule has 1 aromatic carbocycles. The van der Waals surface area contributed by atoms with Crippen molar-refractivity contribution in [3.63, 3.8) is 0 Å². The van der Waals surface area contributed by atoms with Crippen molar-refractivity contribution in [1.82, 2.24) is 14.1 Å². The minimum absolute atomic E-state index is 0.269. The SMILES string of the molecule is COc1ccc(CC2CCN(S(=O)(=O)c3cc(C)nn3C)C2)cc1. The van der Waals surface area contributed by atoms with E-state index >= 15 is 0 Å². The number of benzene rings is 1. The minimum atomic E-state index is -3.47. The van der Waals surface area contributed by atoms with Gasteiger partial charge < -0.3 is 4.74 Å². The van der Waals surface area contributed by atoms with Crippen molar-refractivity contribution in [2.24, 2.45) is 13.0 Å². The normalized spacial score (nSPS) is 18.9. The van der Waals surface area contributed by atoms with E-state index in [4.69, 9.17) is 4.74 Å². The number of rotatable bonds is 5. The maximum Gasteiger partial charge on any atom is 0.260 e. The average molecular weight is 349 g/mol. The molecular weight excluding hydrogens is 326 g/mol. The number of nitrogens with zero attached hydrogens (tertiary/aromatic N) is 3. The van der Waals surface area contributed by atoms with Crippen LogP contribution in [-0.2, 0) is 23.5 Å². The zero-order valence-corrected chi connectivity index (χ0v) is 15.1. The van der Waals surface area contributed by atoms with Gasteiger partial charge in [0.25, 0.3) is 10.0 Å². The smallest absolute Gasteiger partial charge is 0.260 e. The van der Waals surface area contributed by atoms with Gasteiger partial charge in [-0.1, -0.05) is 12.1 Å². The van der Waals surface area contributed by atoms with Gasteiger partial charge in [0.15, 0.2) is 5.03 Å². The summed E-state index contributed by atoms with van der Waals surface area (Å²) in [6.07, 6.45) is 1.75. The fourth-order valence-corrected chi connectivity index (χ4v) is 4.95. The first-order valence-electron chi connectivity index (χ1n) is 8.04. The molecule has 0 spiro atoms. The van der Waals surface area contributed by atoms with Gasteiger partial charge in [0.05, 0.1) is 12.8 Å². The third-order valence-electron chi connectivity index (χ3n) is 4.50. The van der Waals surface area contributed by atoms with Gasteiger partial charge in [0.2, 0.25) is 0 Å². The van der Waals surface area contributed by atoms with Crippen LogP contribution in [0.4, 0.5) is 0 Å². The first kappa shape index (κ1) is 17.0. The van der Waals surface area contributed by atoms with Gasteiger partial charge >= 0.3 is 0 Å². The summed E-state index contributed by atoms with van der Waals surface area (Å²) in [6.45, 7) is 2.92. The molecule has 0 N–H and O–H groups in total. The molecule has 0 radical (unpaired) electrons. The Balaban J connectivity index is 1.69. The Kier molecular flexibility index (Phi) is 4.64. The van der Waals surface area contributed by atoms with E-state index in [2.05, 4.69) is 5.10 Å². The van der Waals surface area contributed by atoms with Gasteiger partial charge in [-0.05, 0) is 49.4 Å². The van der Waals surface area contributed by atoms with E-state index in [0.717, 1.165) is 18.6 Å². The van der Waals surface area contributed by atoms with Crippen molar-refractivity contribution in [2.75, 3.05) is 20.2 Å². The summed E-state index contributed by atoms with van der Waals surface area (Å²) in [5.41, 5.74) is 1.92. The molecule has 1 atom stereocenters. The van der Waals surface area contributed by atoms with Gasteiger partial charge in [0, 0.05) is 20.1 Å². The lowest BCUT2D eigenvalue weighted by Crippen LogP contribution is -2.30. The monoisotopic (exact) mass is 349 g/mol. The van der Waals surface area contributed by atoms with E-state index in [0.29, 0.717) is 24.7 Å². The Morgan fingerprint density at radius 2 is 2.00 bits per heavy atom. The largest absolute Gasteiger partial charge is 0.497 e. The summed E-state index contributed by atoms with van der Waals surface area (Å²) in [7, 11) is -0.152. The molecule has 2 heterocycles. The number of sulfonamides is 1. The number of methoxy groups -OCH3 is 1. The van der Waals surface area contributed by atoms with Crippen LogP contribution in [0.5, 0.6) is 5.75 Å². The van der Waals surface area contributed by atoms with E-state index in [1.807, 2.05) is 24.3 Å². The molecule has 0 aliphatic carbocycles. The molecule has 0 bridgehead atoms. The van der Waals surface area contributed by atoms with Gasteiger partial charge in [-0.3, -0.25) is 4.68 Å². The van der Waals surface area contributed by atoms with E-state index in [9.17, 15) is 8.42 Å². The molecule has 7 heteroatoms. The molecule has 2 aromatic rings. The number of hydrogen-bond acceptors (Lipinski definition) is 4. The summed E-state index contributed by atoms with van der Waals surface area (Å²) in [5.74, 6) is 1.17. The van der Waals surface area contributed by atoms with E-state index in [1.54, 1.807) is 31.5 Å². The standard InChI is InChI=1S/C17H23N3O3S/c1-13-10-17(19(2)18-13)24(21,22)20-9-8-15(12-20)11-14-4-6-16(23-3)7-5-14/h4-7,10,15H,8-9,11-12H2,1-3H3. The molecule has 6 nitrogen and oxygen atoms in total. The number of ether oxygens (including phenoxy) is 1. The second kappa shape index (κ2) is 6.57. The van der Waals surface area contributed by atoms with Crippen LogP contribution in [0.2, 0.25) is 0 Å². The Hall–Kier alpha value is -1.86. The van der Waals surface area contributed by atoms with Crippen LogP contribution in [0.1, 0.15) is 17.7 Å².